The topological polar surface area (TPSA) is 45.1 Å². The first-order valence-electron chi connectivity index (χ1n) is 8.48. The quantitative estimate of drug-likeness (QED) is 0.891. The highest BCUT2D eigenvalue weighted by Gasteiger charge is 2.50. The summed E-state index contributed by atoms with van der Waals surface area (Å²) in [6.07, 6.45) is 8.79. The molecule has 1 aromatic rings. The Morgan fingerprint density at radius 2 is 1.76 bits per heavy atom. The smallest absolute Gasteiger partial charge is 0.138 e. The van der Waals surface area contributed by atoms with Crippen molar-refractivity contribution in [2.24, 2.45) is 23.2 Å². The monoisotopic (exact) mass is 286 g/mol. The van der Waals surface area contributed by atoms with Crippen LogP contribution in [-0.2, 0) is 6.54 Å². The first kappa shape index (κ1) is 13.6. The normalized spacial score (nSPS) is 37.1. The summed E-state index contributed by atoms with van der Waals surface area (Å²) in [6, 6.07) is 3.61. The summed E-state index contributed by atoms with van der Waals surface area (Å²) >= 11 is 0. The van der Waals surface area contributed by atoms with E-state index in [9.17, 15) is 5.11 Å². The first-order chi connectivity index (χ1) is 10.1. The number of hydrogen-bond donors (Lipinski definition) is 2. The van der Waals surface area contributed by atoms with E-state index >= 15 is 0 Å². The summed E-state index contributed by atoms with van der Waals surface area (Å²) in [7, 11) is 0. The molecule has 0 unspecified atom stereocenters. The maximum atomic E-state index is 9.89. The van der Waals surface area contributed by atoms with E-state index in [0.29, 0.717) is 17.7 Å². The van der Waals surface area contributed by atoms with E-state index < -0.39 is 0 Å². The van der Waals surface area contributed by atoms with Crippen LogP contribution >= 0.6 is 0 Å². The van der Waals surface area contributed by atoms with E-state index in [1.807, 2.05) is 13.0 Å². The highest BCUT2D eigenvalue weighted by atomic mass is 16.3. The first-order valence-corrected chi connectivity index (χ1v) is 8.48. The van der Waals surface area contributed by atoms with Crippen molar-refractivity contribution < 1.29 is 5.11 Å². The van der Waals surface area contributed by atoms with Crippen LogP contribution in [0.3, 0.4) is 0 Å². The third kappa shape index (κ3) is 2.57. The molecule has 2 N–H and O–H groups in total. The van der Waals surface area contributed by atoms with Crippen LogP contribution in [0.5, 0.6) is 5.75 Å². The molecule has 1 heterocycles. The van der Waals surface area contributed by atoms with Crippen LogP contribution in [0.25, 0.3) is 0 Å². The molecule has 0 saturated heterocycles. The second-order valence-corrected chi connectivity index (χ2v) is 7.94. The Labute approximate surface area is 127 Å². The SMILES string of the molecule is Cc1ccc(O)c(CNCC23CC4CC(CC(C4)C2)C3)n1. The second-order valence-electron chi connectivity index (χ2n) is 7.94. The molecule has 0 aromatic carbocycles. The summed E-state index contributed by atoms with van der Waals surface area (Å²) in [5, 5.41) is 13.5. The van der Waals surface area contributed by atoms with Crippen LogP contribution < -0.4 is 5.32 Å². The van der Waals surface area contributed by atoms with E-state index in [1.165, 1.54) is 38.5 Å². The second kappa shape index (κ2) is 4.98. The van der Waals surface area contributed by atoms with Crippen molar-refractivity contribution in [1.82, 2.24) is 10.3 Å². The lowest BCUT2D eigenvalue weighted by molar-refractivity contribution is -0.0514. The van der Waals surface area contributed by atoms with Gasteiger partial charge in [0, 0.05) is 18.8 Å². The Morgan fingerprint density at radius 1 is 1.14 bits per heavy atom. The van der Waals surface area contributed by atoms with Crippen LogP contribution in [0.4, 0.5) is 0 Å². The van der Waals surface area contributed by atoms with Gasteiger partial charge in [-0.25, -0.2) is 0 Å². The van der Waals surface area contributed by atoms with Gasteiger partial charge in [-0.3, -0.25) is 4.98 Å². The fourth-order valence-electron chi connectivity index (χ4n) is 5.69. The number of aryl methyl sites for hydroxylation is 1. The Bertz CT molecular complexity index is 505. The lowest BCUT2D eigenvalue weighted by Crippen LogP contribution is -2.50. The fourth-order valence-corrected chi connectivity index (χ4v) is 5.69. The molecule has 0 radical (unpaired) electrons. The molecular formula is C18H26N2O. The van der Waals surface area contributed by atoms with Crippen molar-refractivity contribution in [3.8, 4) is 5.75 Å². The molecule has 4 fully saturated rings. The molecule has 1 aromatic heterocycles. The molecule has 3 nitrogen and oxygen atoms in total. The lowest BCUT2D eigenvalue weighted by atomic mass is 9.49. The van der Waals surface area contributed by atoms with Gasteiger partial charge in [0.1, 0.15) is 5.75 Å². The van der Waals surface area contributed by atoms with Crippen molar-refractivity contribution >= 4 is 0 Å². The number of hydrogen-bond acceptors (Lipinski definition) is 3. The van der Waals surface area contributed by atoms with Gasteiger partial charge in [0.05, 0.1) is 5.69 Å². The van der Waals surface area contributed by atoms with Crippen molar-refractivity contribution in [2.75, 3.05) is 6.54 Å². The van der Waals surface area contributed by atoms with Gasteiger partial charge < -0.3 is 10.4 Å². The van der Waals surface area contributed by atoms with Gasteiger partial charge in [0.25, 0.3) is 0 Å². The molecule has 0 atom stereocenters. The van der Waals surface area contributed by atoms with Crippen LogP contribution in [-0.4, -0.2) is 16.6 Å². The van der Waals surface area contributed by atoms with E-state index in [0.717, 1.165) is 35.7 Å². The Balaban J connectivity index is 1.40. The summed E-state index contributed by atoms with van der Waals surface area (Å²) in [4.78, 5) is 4.44. The molecule has 5 rings (SSSR count). The van der Waals surface area contributed by atoms with Crippen LogP contribution in [0.2, 0.25) is 0 Å². The molecule has 0 amide bonds. The Kier molecular flexibility index (Phi) is 3.21. The molecule has 0 spiro atoms. The number of pyridine rings is 1. The maximum Gasteiger partial charge on any atom is 0.138 e. The molecule has 0 aliphatic heterocycles. The van der Waals surface area contributed by atoms with Gasteiger partial charge in [-0.05, 0) is 80.8 Å². The molecular weight excluding hydrogens is 260 g/mol. The molecule has 114 valence electrons. The molecule has 4 aliphatic rings. The molecule has 4 aliphatic carbocycles. The van der Waals surface area contributed by atoms with Gasteiger partial charge in [-0.1, -0.05) is 0 Å². The fraction of sp³-hybridized carbons (Fsp3) is 0.722. The van der Waals surface area contributed by atoms with Crippen molar-refractivity contribution in [1.29, 1.82) is 0 Å². The van der Waals surface area contributed by atoms with Crippen molar-refractivity contribution in [3.63, 3.8) is 0 Å². The van der Waals surface area contributed by atoms with Gasteiger partial charge >= 0.3 is 0 Å². The van der Waals surface area contributed by atoms with E-state index in [2.05, 4.69) is 10.3 Å². The number of aromatic hydroxyl groups is 1. The zero-order valence-electron chi connectivity index (χ0n) is 12.9. The van der Waals surface area contributed by atoms with Crippen LogP contribution in [0.1, 0.15) is 49.9 Å². The maximum absolute atomic E-state index is 9.89. The van der Waals surface area contributed by atoms with E-state index in [4.69, 9.17) is 0 Å². The largest absolute Gasteiger partial charge is 0.506 e. The van der Waals surface area contributed by atoms with E-state index in [1.54, 1.807) is 6.07 Å². The highest BCUT2D eigenvalue weighted by molar-refractivity contribution is 5.27. The van der Waals surface area contributed by atoms with Crippen molar-refractivity contribution in [3.05, 3.63) is 23.5 Å². The van der Waals surface area contributed by atoms with Gasteiger partial charge in [-0.15, -0.1) is 0 Å². The lowest BCUT2D eigenvalue weighted by Gasteiger charge is -2.57. The minimum Gasteiger partial charge on any atom is -0.506 e. The molecule has 4 bridgehead atoms. The zero-order chi connectivity index (χ0) is 14.4. The summed E-state index contributed by atoms with van der Waals surface area (Å²) in [5.74, 6) is 3.33. The predicted octanol–water partition coefficient (Wildman–Crippen LogP) is 3.40. The highest BCUT2D eigenvalue weighted by Crippen LogP contribution is 2.59. The van der Waals surface area contributed by atoms with Crippen molar-refractivity contribution in [2.45, 2.75) is 52.0 Å². The van der Waals surface area contributed by atoms with Crippen LogP contribution in [0, 0.1) is 30.1 Å². The average Bonchev–Trinajstić information content (AvgIpc) is 2.41. The number of aromatic nitrogens is 1. The number of nitrogens with zero attached hydrogens (tertiary/aromatic N) is 1. The predicted molar refractivity (Wildman–Crippen MR) is 83.0 cm³/mol. The molecule has 3 heteroatoms. The third-order valence-electron chi connectivity index (χ3n) is 6.05. The van der Waals surface area contributed by atoms with E-state index in [-0.39, 0.29) is 0 Å². The number of rotatable bonds is 4. The minimum absolute atomic E-state index is 0.318. The average molecular weight is 286 g/mol. The minimum atomic E-state index is 0.318. The Hall–Kier alpha value is -1.09. The summed E-state index contributed by atoms with van der Waals surface area (Å²) in [6.45, 7) is 3.77. The van der Waals surface area contributed by atoms with Crippen LogP contribution in [0.15, 0.2) is 12.1 Å². The summed E-state index contributed by atoms with van der Waals surface area (Å²) in [5.41, 5.74) is 2.31. The van der Waals surface area contributed by atoms with Gasteiger partial charge in [-0.2, -0.15) is 0 Å². The van der Waals surface area contributed by atoms with Gasteiger partial charge in [0.15, 0.2) is 0 Å². The molecule has 21 heavy (non-hydrogen) atoms. The molecule has 4 saturated carbocycles. The standard InChI is InChI=1S/C18H26N2O/c1-12-2-3-17(21)16(20-12)10-19-11-18-7-13-4-14(8-18)6-15(5-13)9-18/h2-3,13-15,19,21H,4-11H2,1H3. The summed E-state index contributed by atoms with van der Waals surface area (Å²) < 4.78 is 0. The third-order valence-corrected chi connectivity index (χ3v) is 6.05. The Morgan fingerprint density at radius 3 is 2.38 bits per heavy atom. The van der Waals surface area contributed by atoms with Gasteiger partial charge in [0.2, 0.25) is 0 Å². The number of nitrogens with one attached hydrogen (secondary N) is 1. The zero-order valence-corrected chi connectivity index (χ0v) is 12.9.